The Morgan fingerprint density at radius 1 is 1.15 bits per heavy atom. The first-order chi connectivity index (χ1) is 12.5. The second kappa shape index (κ2) is 6.17. The van der Waals surface area contributed by atoms with E-state index in [1.165, 1.54) is 4.90 Å². The lowest BCUT2D eigenvalue weighted by Gasteiger charge is -2.31. The molecule has 0 fully saturated rings. The molecule has 2 N–H and O–H groups in total. The Balaban J connectivity index is 1.76. The highest BCUT2D eigenvalue weighted by molar-refractivity contribution is 9.10. The van der Waals surface area contributed by atoms with Crippen LogP contribution < -0.4 is 10.2 Å². The Labute approximate surface area is 158 Å². The van der Waals surface area contributed by atoms with E-state index in [0.29, 0.717) is 17.0 Å². The van der Waals surface area contributed by atoms with Crippen LogP contribution in [-0.4, -0.2) is 35.5 Å². The molecule has 0 aliphatic carbocycles. The molecule has 6 nitrogen and oxygen atoms in total. The number of nitrogens with one attached hydrogen (secondary N) is 1. The molecule has 2 aliphatic heterocycles. The molecule has 4 rings (SSSR count). The normalized spacial score (nSPS) is 19.7. The summed E-state index contributed by atoms with van der Waals surface area (Å²) >= 11 is 3.40. The van der Waals surface area contributed by atoms with E-state index < -0.39 is 6.04 Å². The summed E-state index contributed by atoms with van der Waals surface area (Å²) in [7, 11) is 1.65. The standard InChI is InChI=1S/C19H16BrN3O3/c1-22-15-10-23(13-3-2-4-14(24)9-13)18(25)16(15)17(21-19(22)26)11-5-7-12(20)8-6-11/h2-9,17,24H,10H2,1H3,(H,21,26)/t17-/m1/s1. The van der Waals surface area contributed by atoms with Gasteiger partial charge in [-0.05, 0) is 29.8 Å². The van der Waals surface area contributed by atoms with Crippen LogP contribution >= 0.6 is 15.9 Å². The quantitative estimate of drug-likeness (QED) is 0.793. The van der Waals surface area contributed by atoms with E-state index >= 15 is 0 Å². The van der Waals surface area contributed by atoms with Crippen molar-refractivity contribution in [1.29, 1.82) is 0 Å². The van der Waals surface area contributed by atoms with Gasteiger partial charge in [0, 0.05) is 23.3 Å². The first-order valence-electron chi connectivity index (χ1n) is 8.09. The number of amides is 3. The van der Waals surface area contributed by atoms with Gasteiger partial charge in [0.2, 0.25) is 0 Å². The molecule has 0 saturated heterocycles. The van der Waals surface area contributed by atoms with Crippen molar-refractivity contribution in [2.75, 3.05) is 18.5 Å². The summed E-state index contributed by atoms with van der Waals surface area (Å²) in [6, 6.07) is 13.3. The van der Waals surface area contributed by atoms with Gasteiger partial charge in [-0.15, -0.1) is 0 Å². The molecular weight excluding hydrogens is 398 g/mol. The molecule has 0 saturated carbocycles. The second-order valence-electron chi connectivity index (χ2n) is 6.26. The molecule has 7 heteroatoms. The molecule has 2 heterocycles. The Kier molecular flexibility index (Phi) is 3.96. The average Bonchev–Trinajstić information content (AvgIpc) is 2.97. The van der Waals surface area contributed by atoms with Crippen molar-refractivity contribution < 1.29 is 14.7 Å². The number of halogens is 1. The van der Waals surface area contributed by atoms with Gasteiger partial charge in [0.1, 0.15) is 5.75 Å². The van der Waals surface area contributed by atoms with Crippen LogP contribution in [0.1, 0.15) is 11.6 Å². The number of carbonyl (C=O) groups excluding carboxylic acids is 2. The number of phenols is 1. The lowest BCUT2D eigenvalue weighted by Crippen LogP contribution is -2.45. The number of anilines is 1. The predicted molar refractivity (Wildman–Crippen MR) is 101 cm³/mol. The van der Waals surface area contributed by atoms with Gasteiger partial charge in [-0.2, -0.15) is 0 Å². The maximum Gasteiger partial charge on any atom is 0.322 e. The van der Waals surface area contributed by atoms with E-state index in [1.807, 2.05) is 24.3 Å². The lowest BCUT2D eigenvalue weighted by molar-refractivity contribution is -0.114. The first-order valence-corrected chi connectivity index (χ1v) is 8.88. The minimum absolute atomic E-state index is 0.0900. The molecule has 26 heavy (non-hydrogen) atoms. The van der Waals surface area contributed by atoms with Crippen LogP contribution in [0.2, 0.25) is 0 Å². The summed E-state index contributed by atoms with van der Waals surface area (Å²) in [6.07, 6.45) is 0. The second-order valence-corrected chi connectivity index (χ2v) is 7.18. The number of likely N-dealkylation sites (N-methyl/N-ethyl adjacent to an activating group) is 1. The van der Waals surface area contributed by atoms with Crippen molar-refractivity contribution in [3.8, 4) is 5.75 Å². The topological polar surface area (TPSA) is 72.9 Å². The van der Waals surface area contributed by atoms with E-state index in [-0.39, 0.29) is 24.2 Å². The summed E-state index contributed by atoms with van der Waals surface area (Å²) in [4.78, 5) is 28.6. The molecule has 0 bridgehead atoms. The van der Waals surface area contributed by atoms with Crippen LogP contribution in [0.25, 0.3) is 0 Å². The molecule has 0 radical (unpaired) electrons. The smallest absolute Gasteiger partial charge is 0.322 e. The number of aromatic hydroxyl groups is 1. The first kappa shape index (κ1) is 16.7. The number of phenolic OH excluding ortho intramolecular Hbond substituents is 1. The van der Waals surface area contributed by atoms with Gasteiger partial charge in [0.05, 0.1) is 23.9 Å². The molecule has 2 aromatic rings. The van der Waals surface area contributed by atoms with Crippen molar-refractivity contribution in [2.45, 2.75) is 6.04 Å². The zero-order chi connectivity index (χ0) is 18.4. The Hall–Kier alpha value is -2.80. The Morgan fingerprint density at radius 3 is 2.58 bits per heavy atom. The number of nitrogens with zero attached hydrogens (tertiary/aromatic N) is 2. The number of benzene rings is 2. The summed E-state index contributed by atoms with van der Waals surface area (Å²) in [6.45, 7) is 0.286. The summed E-state index contributed by atoms with van der Waals surface area (Å²) in [5.74, 6) is -0.0856. The highest BCUT2D eigenvalue weighted by Crippen LogP contribution is 2.38. The minimum atomic E-state index is -0.503. The van der Waals surface area contributed by atoms with Gasteiger partial charge in [-0.25, -0.2) is 4.79 Å². The minimum Gasteiger partial charge on any atom is -0.508 e. The Bertz CT molecular complexity index is 939. The molecule has 2 aromatic carbocycles. The molecular formula is C19H16BrN3O3. The van der Waals surface area contributed by atoms with Gasteiger partial charge < -0.3 is 15.3 Å². The van der Waals surface area contributed by atoms with E-state index in [9.17, 15) is 14.7 Å². The van der Waals surface area contributed by atoms with Crippen molar-refractivity contribution in [1.82, 2.24) is 10.2 Å². The summed E-state index contributed by atoms with van der Waals surface area (Å²) in [5.41, 5.74) is 2.67. The fourth-order valence-electron chi connectivity index (χ4n) is 3.34. The van der Waals surface area contributed by atoms with Crippen LogP contribution in [0.15, 0.2) is 64.3 Å². The highest BCUT2D eigenvalue weighted by atomic mass is 79.9. The third-order valence-electron chi connectivity index (χ3n) is 4.71. The summed E-state index contributed by atoms with van der Waals surface area (Å²) in [5, 5.41) is 12.6. The molecule has 1 atom stereocenters. The molecule has 0 aromatic heterocycles. The maximum absolute atomic E-state index is 13.2. The molecule has 0 unspecified atom stereocenters. The van der Waals surface area contributed by atoms with Gasteiger partial charge >= 0.3 is 6.03 Å². The van der Waals surface area contributed by atoms with Gasteiger partial charge in [-0.1, -0.05) is 34.1 Å². The van der Waals surface area contributed by atoms with E-state index in [4.69, 9.17) is 0 Å². The van der Waals surface area contributed by atoms with Crippen LogP contribution in [-0.2, 0) is 4.79 Å². The van der Waals surface area contributed by atoms with E-state index in [2.05, 4.69) is 21.2 Å². The largest absolute Gasteiger partial charge is 0.508 e. The van der Waals surface area contributed by atoms with Gasteiger partial charge in [-0.3, -0.25) is 9.69 Å². The van der Waals surface area contributed by atoms with Gasteiger partial charge in [0.25, 0.3) is 5.91 Å². The monoisotopic (exact) mass is 413 g/mol. The lowest BCUT2D eigenvalue weighted by atomic mass is 9.96. The maximum atomic E-state index is 13.2. The van der Waals surface area contributed by atoms with Crippen molar-refractivity contribution in [3.63, 3.8) is 0 Å². The fourth-order valence-corrected chi connectivity index (χ4v) is 3.61. The number of hydrogen-bond acceptors (Lipinski definition) is 3. The van der Waals surface area contributed by atoms with E-state index in [0.717, 1.165) is 10.0 Å². The molecule has 2 aliphatic rings. The zero-order valence-electron chi connectivity index (χ0n) is 13.9. The average molecular weight is 414 g/mol. The predicted octanol–water partition coefficient (Wildman–Crippen LogP) is 3.15. The third kappa shape index (κ3) is 2.64. The van der Waals surface area contributed by atoms with Crippen LogP contribution in [0.4, 0.5) is 10.5 Å². The zero-order valence-corrected chi connectivity index (χ0v) is 15.5. The fraction of sp³-hybridized carbons (Fsp3) is 0.158. The van der Waals surface area contributed by atoms with Crippen molar-refractivity contribution >= 4 is 33.6 Å². The SMILES string of the molecule is CN1C(=O)N[C@H](c2ccc(Br)cc2)C2=C1CN(c1cccc(O)c1)C2=O. The van der Waals surface area contributed by atoms with Crippen molar-refractivity contribution in [2.24, 2.45) is 0 Å². The van der Waals surface area contributed by atoms with E-state index in [1.54, 1.807) is 36.2 Å². The van der Waals surface area contributed by atoms with Crippen LogP contribution in [0, 0.1) is 0 Å². The summed E-state index contributed by atoms with van der Waals surface area (Å²) < 4.78 is 0.925. The molecule has 3 amide bonds. The third-order valence-corrected chi connectivity index (χ3v) is 5.23. The molecule has 132 valence electrons. The van der Waals surface area contributed by atoms with Gasteiger partial charge in [0.15, 0.2) is 0 Å². The van der Waals surface area contributed by atoms with Crippen LogP contribution in [0.5, 0.6) is 5.75 Å². The number of hydrogen-bond donors (Lipinski definition) is 2. The van der Waals surface area contributed by atoms with Crippen LogP contribution in [0.3, 0.4) is 0 Å². The number of urea groups is 1. The number of carbonyl (C=O) groups is 2. The molecule has 0 spiro atoms. The van der Waals surface area contributed by atoms with Crippen molar-refractivity contribution in [3.05, 3.63) is 69.8 Å². The Morgan fingerprint density at radius 2 is 1.88 bits per heavy atom. The highest BCUT2D eigenvalue weighted by Gasteiger charge is 2.43. The number of rotatable bonds is 2.